The minimum absolute atomic E-state index is 0.0106. The van der Waals surface area contributed by atoms with Crippen molar-refractivity contribution in [2.24, 2.45) is 0 Å². The summed E-state index contributed by atoms with van der Waals surface area (Å²) in [6, 6.07) is 0. The van der Waals surface area contributed by atoms with Gasteiger partial charge in [0.15, 0.2) is 14.9 Å². The summed E-state index contributed by atoms with van der Waals surface area (Å²) in [5.74, 6) is -0.408. The molecule has 0 amide bonds. The van der Waals surface area contributed by atoms with Crippen LogP contribution in [0.3, 0.4) is 0 Å². The van der Waals surface area contributed by atoms with Gasteiger partial charge in [0, 0.05) is 19.2 Å². The fourth-order valence-electron chi connectivity index (χ4n) is 1.02. The lowest BCUT2D eigenvalue weighted by Crippen LogP contribution is -2.30. The predicted molar refractivity (Wildman–Crippen MR) is 62.5 cm³/mol. The summed E-state index contributed by atoms with van der Waals surface area (Å²) in [6.45, 7) is 1.96. The van der Waals surface area contributed by atoms with Gasteiger partial charge in [-0.05, 0) is 13.3 Å². The fourth-order valence-corrected chi connectivity index (χ4v) is 4.06. The van der Waals surface area contributed by atoms with E-state index in [0.717, 1.165) is 6.26 Å². The van der Waals surface area contributed by atoms with Gasteiger partial charge in [-0.25, -0.2) is 21.6 Å². The summed E-state index contributed by atoms with van der Waals surface area (Å²) in [5, 5.41) is -0.945. The Morgan fingerprint density at radius 2 is 1.82 bits per heavy atom. The average Bonchev–Trinajstić information content (AvgIpc) is 2.09. The zero-order valence-corrected chi connectivity index (χ0v) is 11.4. The molecule has 0 aliphatic heterocycles. The van der Waals surface area contributed by atoms with Crippen LogP contribution in [0.4, 0.5) is 0 Å². The largest absolute Gasteiger partial charge is 0.466 e. The molecule has 0 aliphatic carbocycles. The molecule has 0 spiro atoms. The molecule has 0 aromatic rings. The molecule has 0 aliphatic rings. The van der Waals surface area contributed by atoms with E-state index in [4.69, 9.17) is 0 Å². The van der Waals surface area contributed by atoms with Crippen molar-refractivity contribution >= 4 is 25.8 Å². The number of sulfone groups is 1. The van der Waals surface area contributed by atoms with Crippen molar-refractivity contribution in [1.82, 2.24) is 4.72 Å². The van der Waals surface area contributed by atoms with Crippen molar-refractivity contribution in [3.63, 3.8) is 0 Å². The molecule has 0 bridgehead atoms. The number of nitrogens with one attached hydrogen (secondary N) is 1. The first-order valence-corrected chi connectivity index (χ1v) is 8.68. The smallest absolute Gasteiger partial charge is 0.305 e. The SMILES string of the molecule is CCOC(=O)CCCNS(=O)(=O)CS(C)(=O)=O. The van der Waals surface area contributed by atoms with Crippen molar-refractivity contribution in [2.45, 2.75) is 19.8 Å². The normalized spacial score (nSPS) is 12.4. The molecule has 17 heavy (non-hydrogen) atoms. The van der Waals surface area contributed by atoms with Crippen LogP contribution in [0.2, 0.25) is 0 Å². The van der Waals surface area contributed by atoms with Crippen molar-refractivity contribution in [3.05, 3.63) is 0 Å². The quantitative estimate of drug-likeness (QED) is 0.465. The summed E-state index contributed by atoms with van der Waals surface area (Å²) in [6.07, 6.45) is 1.20. The molecule has 7 nitrogen and oxygen atoms in total. The van der Waals surface area contributed by atoms with Gasteiger partial charge in [-0.2, -0.15) is 0 Å². The Balaban J connectivity index is 3.93. The van der Waals surface area contributed by atoms with Gasteiger partial charge in [-0.3, -0.25) is 4.79 Å². The minimum Gasteiger partial charge on any atom is -0.466 e. The highest BCUT2D eigenvalue weighted by Gasteiger charge is 2.17. The van der Waals surface area contributed by atoms with Crippen LogP contribution in [0.5, 0.6) is 0 Å². The van der Waals surface area contributed by atoms with Crippen LogP contribution in [0.25, 0.3) is 0 Å². The second kappa shape index (κ2) is 6.92. The molecule has 0 unspecified atom stereocenters. The summed E-state index contributed by atoms with van der Waals surface area (Å²) in [5.41, 5.74) is 0. The van der Waals surface area contributed by atoms with E-state index in [1.165, 1.54) is 0 Å². The van der Waals surface area contributed by atoms with Crippen molar-refractivity contribution < 1.29 is 26.4 Å². The molecule has 0 fully saturated rings. The molecule has 0 rings (SSSR count). The lowest BCUT2D eigenvalue weighted by Gasteiger charge is -2.05. The Morgan fingerprint density at radius 3 is 2.29 bits per heavy atom. The molecule has 9 heteroatoms. The van der Waals surface area contributed by atoms with E-state index in [1.807, 2.05) is 0 Å². The summed E-state index contributed by atoms with van der Waals surface area (Å²) in [4.78, 5) is 10.9. The Bertz CT molecular complexity index is 439. The molecular weight excluding hydrogens is 270 g/mol. The minimum atomic E-state index is -3.84. The molecule has 0 heterocycles. The van der Waals surface area contributed by atoms with Crippen LogP contribution < -0.4 is 4.72 Å². The maximum absolute atomic E-state index is 11.2. The van der Waals surface area contributed by atoms with E-state index < -0.39 is 30.9 Å². The highest BCUT2D eigenvalue weighted by atomic mass is 32.3. The standard InChI is InChI=1S/C8H17NO6S2/c1-3-15-8(10)5-4-6-9-17(13,14)7-16(2,11)12/h9H,3-7H2,1-2H3. The molecule has 0 saturated carbocycles. The number of carbonyl (C=O) groups excluding carboxylic acids is 1. The second-order valence-corrected chi connectivity index (χ2v) is 7.77. The molecule has 0 aromatic heterocycles. The van der Waals surface area contributed by atoms with Gasteiger partial charge in [0.25, 0.3) is 0 Å². The van der Waals surface area contributed by atoms with Gasteiger partial charge < -0.3 is 4.74 Å². The van der Waals surface area contributed by atoms with Crippen LogP contribution in [-0.2, 0) is 29.4 Å². The van der Waals surface area contributed by atoms with Crippen LogP contribution in [-0.4, -0.2) is 47.3 Å². The number of rotatable bonds is 8. The number of hydrogen-bond acceptors (Lipinski definition) is 6. The average molecular weight is 287 g/mol. The maximum atomic E-state index is 11.2. The molecule has 0 radical (unpaired) electrons. The van der Waals surface area contributed by atoms with E-state index in [9.17, 15) is 21.6 Å². The lowest BCUT2D eigenvalue weighted by atomic mass is 10.3. The van der Waals surface area contributed by atoms with Gasteiger partial charge >= 0.3 is 5.97 Å². The van der Waals surface area contributed by atoms with E-state index >= 15 is 0 Å². The van der Waals surface area contributed by atoms with E-state index in [0.29, 0.717) is 0 Å². The van der Waals surface area contributed by atoms with Crippen molar-refractivity contribution in [2.75, 3.05) is 24.5 Å². The van der Waals surface area contributed by atoms with Gasteiger partial charge in [0.05, 0.1) is 6.61 Å². The second-order valence-electron chi connectivity index (χ2n) is 3.46. The van der Waals surface area contributed by atoms with E-state index in [2.05, 4.69) is 9.46 Å². The fraction of sp³-hybridized carbons (Fsp3) is 0.875. The van der Waals surface area contributed by atoms with E-state index in [1.54, 1.807) is 6.92 Å². The third-order valence-electron chi connectivity index (χ3n) is 1.55. The maximum Gasteiger partial charge on any atom is 0.305 e. The lowest BCUT2D eigenvalue weighted by molar-refractivity contribution is -0.143. The zero-order chi connectivity index (χ0) is 13.5. The number of ether oxygens (including phenoxy) is 1. The number of carbonyl (C=O) groups is 1. The Morgan fingerprint density at radius 1 is 1.24 bits per heavy atom. The first-order valence-electron chi connectivity index (χ1n) is 4.97. The van der Waals surface area contributed by atoms with Crippen molar-refractivity contribution in [3.8, 4) is 0 Å². The zero-order valence-electron chi connectivity index (χ0n) is 9.80. The van der Waals surface area contributed by atoms with Crippen LogP contribution in [0.15, 0.2) is 0 Å². The van der Waals surface area contributed by atoms with Crippen molar-refractivity contribution in [1.29, 1.82) is 0 Å². The highest BCUT2D eigenvalue weighted by molar-refractivity contribution is 8.06. The molecule has 0 atom stereocenters. The third-order valence-corrected chi connectivity index (χ3v) is 5.15. The van der Waals surface area contributed by atoms with Crippen LogP contribution in [0.1, 0.15) is 19.8 Å². The summed E-state index contributed by atoms with van der Waals surface area (Å²) in [7, 11) is -7.43. The van der Waals surface area contributed by atoms with Gasteiger partial charge in [0.1, 0.15) is 0 Å². The Labute approximate surface area is 102 Å². The van der Waals surface area contributed by atoms with Gasteiger partial charge in [-0.15, -0.1) is 0 Å². The van der Waals surface area contributed by atoms with Gasteiger partial charge in [-0.1, -0.05) is 0 Å². The predicted octanol–water partition coefficient (Wildman–Crippen LogP) is -0.749. The first kappa shape index (κ1) is 16.3. The third kappa shape index (κ3) is 10.2. The topological polar surface area (TPSA) is 107 Å². The number of esters is 1. The number of hydrogen-bond donors (Lipinski definition) is 1. The molecule has 1 N–H and O–H groups in total. The van der Waals surface area contributed by atoms with E-state index in [-0.39, 0.29) is 26.0 Å². The van der Waals surface area contributed by atoms with Crippen LogP contribution >= 0.6 is 0 Å². The highest BCUT2D eigenvalue weighted by Crippen LogP contribution is 1.95. The number of sulfonamides is 1. The molecule has 102 valence electrons. The molecule has 0 aromatic carbocycles. The first-order chi connectivity index (χ1) is 7.66. The molecular formula is C8H17NO6S2. The molecule has 0 saturated heterocycles. The Kier molecular flexibility index (Phi) is 6.65. The Hall–Kier alpha value is -0.670. The van der Waals surface area contributed by atoms with Gasteiger partial charge in [0.2, 0.25) is 10.0 Å². The van der Waals surface area contributed by atoms with Crippen LogP contribution in [0, 0.1) is 0 Å². The summed E-state index contributed by atoms with van der Waals surface area (Å²) < 4.78 is 50.7. The monoisotopic (exact) mass is 287 g/mol. The summed E-state index contributed by atoms with van der Waals surface area (Å²) >= 11 is 0.